The zero-order valence-corrected chi connectivity index (χ0v) is 10.3. The van der Waals surface area contributed by atoms with Crippen molar-refractivity contribution in [1.29, 1.82) is 0 Å². The molecule has 4 heteroatoms. The van der Waals surface area contributed by atoms with Gasteiger partial charge in [-0.3, -0.25) is 0 Å². The molecule has 0 amide bonds. The molecule has 3 rings (SSSR count). The van der Waals surface area contributed by atoms with Crippen molar-refractivity contribution in [1.82, 2.24) is 15.3 Å². The molecule has 1 N–H and O–H groups in total. The van der Waals surface area contributed by atoms with Crippen molar-refractivity contribution >= 4 is 0 Å². The summed E-state index contributed by atoms with van der Waals surface area (Å²) < 4.78 is 5.54. The predicted octanol–water partition coefficient (Wildman–Crippen LogP) is 1.82. The van der Waals surface area contributed by atoms with E-state index in [1.807, 2.05) is 36.5 Å². The van der Waals surface area contributed by atoms with Crippen LogP contribution in [0, 0.1) is 0 Å². The maximum atomic E-state index is 5.54. The number of nitrogens with one attached hydrogen (secondary N) is 1. The molecule has 2 aromatic rings. The summed E-state index contributed by atoms with van der Waals surface area (Å²) in [5.74, 6) is 0.728. The second-order valence-electron chi connectivity index (χ2n) is 4.33. The van der Waals surface area contributed by atoms with Crippen LogP contribution in [0.3, 0.4) is 0 Å². The minimum absolute atomic E-state index is 0.197. The van der Waals surface area contributed by atoms with Crippen LogP contribution in [-0.4, -0.2) is 17.1 Å². The first kappa shape index (κ1) is 11.3. The van der Waals surface area contributed by atoms with Gasteiger partial charge >= 0.3 is 0 Å². The molecule has 0 spiro atoms. The molecule has 1 unspecified atom stereocenters. The summed E-state index contributed by atoms with van der Waals surface area (Å²) in [5, 5.41) is 3.27. The fourth-order valence-corrected chi connectivity index (χ4v) is 2.22. The van der Waals surface area contributed by atoms with E-state index in [4.69, 9.17) is 4.74 Å². The summed E-state index contributed by atoms with van der Waals surface area (Å²) in [4.78, 5) is 9.02. The van der Waals surface area contributed by atoms with Gasteiger partial charge in [0.25, 0.3) is 0 Å². The molecular weight excluding hydrogens is 226 g/mol. The van der Waals surface area contributed by atoms with Gasteiger partial charge in [-0.15, -0.1) is 0 Å². The Bertz CT molecular complexity index is 542. The lowest BCUT2D eigenvalue weighted by molar-refractivity contribution is 0.129. The smallest absolute Gasteiger partial charge is 0.162 e. The van der Waals surface area contributed by atoms with E-state index in [1.54, 1.807) is 7.11 Å². The standard InChI is InChI=1S/C14H15N3O/c1-18-13(10-5-3-2-4-6-10)14-16-8-11-7-15-9-12(11)17-14/h2-6,8,13,15H,7,9H2,1H3. The molecule has 1 aromatic heterocycles. The maximum absolute atomic E-state index is 5.54. The van der Waals surface area contributed by atoms with Gasteiger partial charge in [-0.25, -0.2) is 9.97 Å². The van der Waals surface area contributed by atoms with E-state index in [-0.39, 0.29) is 6.10 Å². The lowest BCUT2D eigenvalue weighted by Crippen LogP contribution is -2.10. The van der Waals surface area contributed by atoms with E-state index in [9.17, 15) is 0 Å². The minimum Gasteiger partial charge on any atom is -0.369 e. The number of fused-ring (bicyclic) bond motifs is 1. The number of hydrogen-bond donors (Lipinski definition) is 1. The topological polar surface area (TPSA) is 47.0 Å². The first-order valence-corrected chi connectivity index (χ1v) is 6.01. The molecule has 0 saturated carbocycles. The van der Waals surface area contributed by atoms with E-state index in [1.165, 1.54) is 5.56 Å². The van der Waals surface area contributed by atoms with Crippen LogP contribution in [0.25, 0.3) is 0 Å². The SMILES string of the molecule is COC(c1ccccc1)c1ncc2c(n1)CNC2. The highest BCUT2D eigenvalue weighted by molar-refractivity contribution is 5.26. The molecule has 1 atom stereocenters. The van der Waals surface area contributed by atoms with Crippen LogP contribution in [0.15, 0.2) is 36.5 Å². The quantitative estimate of drug-likeness (QED) is 0.890. The molecule has 0 bridgehead atoms. The molecule has 0 aliphatic carbocycles. The Labute approximate surface area is 106 Å². The van der Waals surface area contributed by atoms with Crippen LogP contribution in [0.1, 0.15) is 28.7 Å². The van der Waals surface area contributed by atoms with Gasteiger partial charge in [-0.1, -0.05) is 30.3 Å². The van der Waals surface area contributed by atoms with Crippen molar-refractivity contribution in [3.63, 3.8) is 0 Å². The van der Waals surface area contributed by atoms with Crippen LogP contribution in [-0.2, 0) is 17.8 Å². The van der Waals surface area contributed by atoms with Crippen molar-refractivity contribution in [2.24, 2.45) is 0 Å². The second-order valence-corrected chi connectivity index (χ2v) is 4.33. The molecule has 0 fully saturated rings. The van der Waals surface area contributed by atoms with Crippen LogP contribution in [0.4, 0.5) is 0 Å². The first-order chi connectivity index (χ1) is 8.88. The molecule has 92 valence electrons. The Morgan fingerprint density at radius 1 is 1.22 bits per heavy atom. The third-order valence-electron chi connectivity index (χ3n) is 3.15. The van der Waals surface area contributed by atoms with E-state index in [2.05, 4.69) is 15.3 Å². The third-order valence-corrected chi connectivity index (χ3v) is 3.15. The Morgan fingerprint density at radius 3 is 2.83 bits per heavy atom. The monoisotopic (exact) mass is 241 g/mol. The van der Waals surface area contributed by atoms with Crippen molar-refractivity contribution in [2.45, 2.75) is 19.2 Å². The highest BCUT2D eigenvalue weighted by Gasteiger charge is 2.19. The number of benzene rings is 1. The van der Waals surface area contributed by atoms with Crippen molar-refractivity contribution in [3.8, 4) is 0 Å². The summed E-state index contributed by atoms with van der Waals surface area (Å²) in [6.45, 7) is 1.68. The van der Waals surface area contributed by atoms with Gasteiger partial charge in [0.15, 0.2) is 5.82 Å². The number of aromatic nitrogens is 2. The van der Waals surface area contributed by atoms with Gasteiger partial charge < -0.3 is 10.1 Å². The summed E-state index contributed by atoms with van der Waals surface area (Å²) in [7, 11) is 1.69. The molecule has 0 radical (unpaired) electrons. The molecule has 1 aliphatic heterocycles. The highest BCUT2D eigenvalue weighted by atomic mass is 16.5. The van der Waals surface area contributed by atoms with Gasteiger partial charge in [0.05, 0.1) is 5.69 Å². The molecule has 1 aromatic carbocycles. The number of methoxy groups -OCH3 is 1. The van der Waals surface area contributed by atoms with E-state index in [0.29, 0.717) is 0 Å². The summed E-state index contributed by atoms with van der Waals surface area (Å²) in [6, 6.07) is 10.0. The van der Waals surface area contributed by atoms with Crippen LogP contribution in [0.5, 0.6) is 0 Å². The number of ether oxygens (including phenoxy) is 1. The average Bonchev–Trinajstić information content (AvgIpc) is 2.88. The number of hydrogen-bond acceptors (Lipinski definition) is 4. The zero-order chi connectivity index (χ0) is 12.4. The molecule has 1 aliphatic rings. The lowest BCUT2D eigenvalue weighted by atomic mass is 10.1. The molecule has 18 heavy (non-hydrogen) atoms. The first-order valence-electron chi connectivity index (χ1n) is 6.01. The molecule has 2 heterocycles. The summed E-state index contributed by atoms with van der Waals surface area (Å²) in [5.41, 5.74) is 3.34. The van der Waals surface area contributed by atoms with Crippen molar-refractivity contribution in [2.75, 3.05) is 7.11 Å². The van der Waals surface area contributed by atoms with Crippen LogP contribution in [0.2, 0.25) is 0 Å². The van der Waals surface area contributed by atoms with Crippen LogP contribution < -0.4 is 5.32 Å². The zero-order valence-electron chi connectivity index (χ0n) is 10.3. The van der Waals surface area contributed by atoms with Crippen molar-refractivity contribution in [3.05, 3.63) is 59.2 Å². The fourth-order valence-electron chi connectivity index (χ4n) is 2.22. The van der Waals surface area contributed by atoms with Crippen LogP contribution >= 0.6 is 0 Å². The van der Waals surface area contributed by atoms with E-state index >= 15 is 0 Å². The highest BCUT2D eigenvalue weighted by Crippen LogP contribution is 2.23. The summed E-state index contributed by atoms with van der Waals surface area (Å²) in [6.07, 6.45) is 1.70. The maximum Gasteiger partial charge on any atom is 0.162 e. The molecule has 0 saturated heterocycles. The molecule has 4 nitrogen and oxygen atoms in total. The lowest BCUT2D eigenvalue weighted by Gasteiger charge is -2.14. The van der Waals surface area contributed by atoms with Gasteiger partial charge in [0.2, 0.25) is 0 Å². The largest absolute Gasteiger partial charge is 0.369 e. The normalized spacial score (nSPS) is 15.4. The Morgan fingerprint density at radius 2 is 2.06 bits per heavy atom. The van der Waals surface area contributed by atoms with Gasteiger partial charge in [-0.2, -0.15) is 0 Å². The summed E-state index contributed by atoms with van der Waals surface area (Å²) >= 11 is 0. The second kappa shape index (κ2) is 4.84. The van der Waals surface area contributed by atoms with E-state index in [0.717, 1.165) is 30.2 Å². The third kappa shape index (κ3) is 2.00. The Balaban J connectivity index is 1.97. The van der Waals surface area contributed by atoms with Gasteiger partial charge in [0, 0.05) is 32.0 Å². The van der Waals surface area contributed by atoms with Crippen molar-refractivity contribution < 1.29 is 4.74 Å². The Kier molecular flexibility index (Phi) is 3.04. The van der Waals surface area contributed by atoms with E-state index < -0.39 is 0 Å². The average molecular weight is 241 g/mol. The minimum atomic E-state index is -0.197. The number of rotatable bonds is 3. The number of nitrogens with zero attached hydrogens (tertiary/aromatic N) is 2. The molecular formula is C14H15N3O. The predicted molar refractivity (Wildman–Crippen MR) is 67.9 cm³/mol. The van der Waals surface area contributed by atoms with Gasteiger partial charge in [0.1, 0.15) is 6.10 Å². The van der Waals surface area contributed by atoms with Gasteiger partial charge in [-0.05, 0) is 5.56 Å². The fraction of sp³-hybridized carbons (Fsp3) is 0.286. The Hall–Kier alpha value is -1.78.